The molecule has 1 nitrogen and oxygen atoms in total. The maximum atomic E-state index is 13.6. The zero-order chi connectivity index (χ0) is 12.5. The molecule has 0 aromatic heterocycles. The molecule has 0 heterocycles. The summed E-state index contributed by atoms with van der Waals surface area (Å²) in [6.07, 6.45) is 2.86. The first-order chi connectivity index (χ1) is 8.06. The quantitative estimate of drug-likeness (QED) is 0.764. The fourth-order valence-electron chi connectivity index (χ4n) is 2.75. The monoisotopic (exact) mass is 235 g/mol. The topological polar surface area (TPSA) is 23.8 Å². The van der Waals surface area contributed by atoms with Crippen LogP contribution in [-0.4, -0.2) is 0 Å². The first kappa shape index (κ1) is 12.0. The van der Waals surface area contributed by atoms with Crippen LogP contribution in [0.2, 0.25) is 0 Å². The second-order valence-electron chi connectivity index (χ2n) is 5.13. The summed E-state index contributed by atoms with van der Waals surface area (Å²) in [4.78, 5) is 0. The summed E-state index contributed by atoms with van der Waals surface area (Å²) in [6, 6.07) is 6.49. The van der Waals surface area contributed by atoms with Gasteiger partial charge in [-0.25, -0.2) is 8.78 Å². The Morgan fingerprint density at radius 2 is 2.24 bits per heavy atom. The molecule has 0 radical (unpaired) electrons. The average molecular weight is 235 g/mol. The number of hydrogen-bond donors (Lipinski definition) is 0. The maximum Gasteiger partial charge on any atom is 0.162 e. The molecule has 2 unspecified atom stereocenters. The number of nitriles is 1. The Morgan fingerprint density at radius 3 is 2.82 bits per heavy atom. The van der Waals surface area contributed by atoms with Crippen LogP contribution in [0.4, 0.5) is 8.78 Å². The van der Waals surface area contributed by atoms with Gasteiger partial charge in [-0.1, -0.05) is 19.1 Å². The van der Waals surface area contributed by atoms with Gasteiger partial charge in [0, 0.05) is 0 Å². The highest BCUT2D eigenvalue weighted by molar-refractivity contribution is 5.23. The Hall–Kier alpha value is -1.43. The van der Waals surface area contributed by atoms with Crippen LogP contribution in [0.15, 0.2) is 18.2 Å². The van der Waals surface area contributed by atoms with E-state index in [1.54, 1.807) is 6.07 Å². The lowest BCUT2D eigenvalue weighted by molar-refractivity contribution is 0.379. The zero-order valence-corrected chi connectivity index (χ0v) is 9.84. The van der Waals surface area contributed by atoms with E-state index in [0.717, 1.165) is 25.3 Å². The van der Waals surface area contributed by atoms with Crippen LogP contribution < -0.4 is 0 Å². The largest absolute Gasteiger partial charge is 0.204 e. The standard InChI is InChI=1S/C14H15F2N/c1-10-5-6-14(7-10,9-17)8-11-3-2-4-12(15)13(11)16/h2-4,10H,5-8H2,1H3. The molecular formula is C14H15F2N. The van der Waals surface area contributed by atoms with Crippen LogP contribution in [0.3, 0.4) is 0 Å². The number of benzene rings is 1. The van der Waals surface area contributed by atoms with Crippen molar-refractivity contribution < 1.29 is 8.78 Å². The minimum absolute atomic E-state index is 0.317. The lowest BCUT2D eigenvalue weighted by Crippen LogP contribution is -2.18. The van der Waals surface area contributed by atoms with Gasteiger partial charge in [-0.15, -0.1) is 0 Å². The molecule has 0 saturated heterocycles. The van der Waals surface area contributed by atoms with Gasteiger partial charge < -0.3 is 0 Å². The number of hydrogen-bond acceptors (Lipinski definition) is 1. The van der Waals surface area contributed by atoms with Crippen LogP contribution in [0, 0.1) is 34.3 Å². The van der Waals surface area contributed by atoms with Gasteiger partial charge in [0.2, 0.25) is 0 Å². The number of halogens is 2. The molecule has 0 aliphatic heterocycles. The number of rotatable bonds is 2. The van der Waals surface area contributed by atoms with Crippen LogP contribution in [0.5, 0.6) is 0 Å². The van der Waals surface area contributed by atoms with E-state index in [9.17, 15) is 14.0 Å². The van der Waals surface area contributed by atoms with Crippen molar-refractivity contribution in [2.45, 2.75) is 32.6 Å². The summed E-state index contributed by atoms with van der Waals surface area (Å²) < 4.78 is 26.7. The predicted molar refractivity (Wildman–Crippen MR) is 61.1 cm³/mol. The predicted octanol–water partition coefficient (Wildman–Crippen LogP) is 3.84. The highest BCUT2D eigenvalue weighted by Crippen LogP contribution is 2.43. The van der Waals surface area contributed by atoms with Crippen molar-refractivity contribution in [2.24, 2.45) is 11.3 Å². The van der Waals surface area contributed by atoms with E-state index in [0.29, 0.717) is 17.9 Å². The van der Waals surface area contributed by atoms with Crippen molar-refractivity contribution >= 4 is 0 Å². The SMILES string of the molecule is CC1CCC(C#N)(Cc2cccc(F)c2F)C1. The van der Waals surface area contributed by atoms with Crippen molar-refractivity contribution in [1.82, 2.24) is 0 Å². The molecule has 1 saturated carbocycles. The van der Waals surface area contributed by atoms with Crippen LogP contribution >= 0.6 is 0 Å². The fourth-order valence-corrected chi connectivity index (χ4v) is 2.75. The van der Waals surface area contributed by atoms with Crippen molar-refractivity contribution in [3.05, 3.63) is 35.4 Å². The van der Waals surface area contributed by atoms with E-state index < -0.39 is 17.0 Å². The van der Waals surface area contributed by atoms with E-state index in [1.807, 2.05) is 0 Å². The van der Waals surface area contributed by atoms with Crippen LogP contribution in [0.25, 0.3) is 0 Å². The van der Waals surface area contributed by atoms with E-state index >= 15 is 0 Å². The molecule has 2 rings (SSSR count). The molecule has 1 fully saturated rings. The summed E-state index contributed by atoms with van der Waals surface area (Å²) in [7, 11) is 0. The Labute approximate surface area is 100 Å². The minimum atomic E-state index is -0.832. The van der Waals surface area contributed by atoms with Gasteiger partial charge in [-0.05, 0) is 43.2 Å². The van der Waals surface area contributed by atoms with E-state index in [-0.39, 0.29) is 0 Å². The van der Waals surface area contributed by atoms with Crippen molar-refractivity contribution in [1.29, 1.82) is 5.26 Å². The zero-order valence-electron chi connectivity index (χ0n) is 9.84. The van der Waals surface area contributed by atoms with Crippen LogP contribution in [0.1, 0.15) is 31.7 Å². The molecule has 3 heteroatoms. The summed E-state index contributed by atoms with van der Waals surface area (Å²) in [5.41, 5.74) is -0.186. The Kier molecular flexibility index (Phi) is 3.15. The second-order valence-corrected chi connectivity index (χ2v) is 5.13. The second kappa shape index (κ2) is 4.44. The van der Waals surface area contributed by atoms with Gasteiger partial charge in [0.15, 0.2) is 11.6 Å². The first-order valence-electron chi connectivity index (χ1n) is 5.90. The van der Waals surface area contributed by atoms with E-state index in [1.165, 1.54) is 6.07 Å². The molecule has 1 aliphatic carbocycles. The van der Waals surface area contributed by atoms with Crippen molar-refractivity contribution in [3.8, 4) is 6.07 Å². The van der Waals surface area contributed by atoms with Gasteiger partial charge in [0.25, 0.3) is 0 Å². The normalized spacial score (nSPS) is 28.0. The summed E-state index contributed by atoms with van der Waals surface area (Å²) in [5.74, 6) is -1.14. The highest BCUT2D eigenvalue weighted by Gasteiger charge is 2.38. The van der Waals surface area contributed by atoms with Crippen molar-refractivity contribution in [2.75, 3.05) is 0 Å². The molecule has 2 atom stereocenters. The fraction of sp³-hybridized carbons (Fsp3) is 0.500. The molecule has 1 aromatic rings. The lowest BCUT2D eigenvalue weighted by atomic mass is 9.81. The van der Waals surface area contributed by atoms with Crippen LogP contribution in [-0.2, 0) is 6.42 Å². The molecule has 1 aromatic carbocycles. The molecule has 90 valence electrons. The van der Waals surface area contributed by atoms with E-state index in [2.05, 4.69) is 13.0 Å². The molecule has 0 spiro atoms. The first-order valence-corrected chi connectivity index (χ1v) is 5.90. The molecule has 1 aliphatic rings. The lowest BCUT2D eigenvalue weighted by Gasteiger charge is -2.20. The van der Waals surface area contributed by atoms with Gasteiger partial charge in [-0.2, -0.15) is 5.26 Å². The van der Waals surface area contributed by atoms with Crippen molar-refractivity contribution in [3.63, 3.8) is 0 Å². The molecule has 17 heavy (non-hydrogen) atoms. The smallest absolute Gasteiger partial charge is 0.162 e. The minimum Gasteiger partial charge on any atom is -0.204 e. The van der Waals surface area contributed by atoms with E-state index in [4.69, 9.17) is 0 Å². The highest BCUT2D eigenvalue weighted by atomic mass is 19.2. The summed E-state index contributed by atoms with van der Waals surface area (Å²) in [6.45, 7) is 2.10. The van der Waals surface area contributed by atoms with Gasteiger partial charge in [0.1, 0.15) is 0 Å². The Bertz CT molecular complexity index is 464. The molecule has 0 N–H and O–H groups in total. The molecule has 0 bridgehead atoms. The third-order valence-electron chi connectivity index (χ3n) is 3.65. The van der Waals surface area contributed by atoms with Gasteiger partial charge >= 0.3 is 0 Å². The Morgan fingerprint density at radius 1 is 1.47 bits per heavy atom. The molecular weight excluding hydrogens is 220 g/mol. The number of nitrogens with zero attached hydrogens (tertiary/aromatic N) is 1. The summed E-state index contributed by atoms with van der Waals surface area (Å²) in [5, 5.41) is 9.29. The van der Waals surface area contributed by atoms with Gasteiger partial charge in [0.05, 0.1) is 11.5 Å². The average Bonchev–Trinajstić information content (AvgIpc) is 2.68. The maximum absolute atomic E-state index is 13.6. The third kappa shape index (κ3) is 2.31. The summed E-state index contributed by atoms with van der Waals surface area (Å²) >= 11 is 0. The van der Waals surface area contributed by atoms with Gasteiger partial charge in [-0.3, -0.25) is 0 Å². The Balaban J connectivity index is 2.26. The third-order valence-corrected chi connectivity index (χ3v) is 3.65. The molecule has 0 amide bonds.